The lowest BCUT2D eigenvalue weighted by Gasteiger charge is -2.07. The van der Waals surface area contributed by atoms with Crippen LogP contribution in [0, 0.1) is 0 Å². The van der Waals surface area contributed by atoms with E-state index in [9.17, 15) is 9.90 Å². The van der Waals surface area contributed by atoms with Gasteiger partial charge in [-0.2, -0.15) is 5.10 Å². The molecule has 1 heterocycles. The minimum Gasteiger partial charge on any atom is -0.872 e. The van der Waals surface area contributed by atoms with Crippen molar-refractivity contribution in [2.24, 2.45) is 5.10 Å². The maximum atomic E-state index is 12.0. The third-order valence-electron chi connectivity index (χ3n) is 3.56. The summed E-state index contributed by atoms with van der Waals surface area (Å²) in [6.07, 6.45) is 0. The van der Waals surface area contributed by atoms with Gasteiger partial charge in [-0.05, 0) is 41.1 Å². The number of carbonyl (C=O) groups is 1. The van der Waals surface area contributed by atoms with Gasteiger partial charge < -0.3 is 5.11 Å². The lowest BCUT2D eigenvalue weighted by Crippen LogP contribution is -2.21. The summed E-state index contributed by atoms with van der Waals surface area (Å²) < 4.78 is 1.79. The molecule has 28 heavy (non-hydrogen) atoms. The third kappa shape index (κ3) is 6.36. The van der Waals surface area contributed by atoms with E-state index in [-0.39, 0.29) is 17.4 Å². The summed E-state index contributed by atoms with van der Waals surface area (Å²) in [4.78, 5) is 12.0. The molecule has 0 saturated heterocycles. The number of hydrazone groups is 1. The summed E-state index contributed by atoms with van der Waals surface area (Å²) >= 11 is 4.56. The van der Waals surface area contributed by atoms with E-state index in [1.54, 1.807) is 30.8 Å². The Morgan fingerprint density at radius 3 is 2.82 bits per heavy atom. The van der Waals surface area contributed by atoms with Crippen molar-refractivity contribution in [1.82, 2.24) is 10.5 Å². The lowest BCUT2D eigenvalue weighted by atomic mass is 10.1. The summed E-state index contributed by atoms with van der Waals surface area (Å²) in [6.45, 7) is 1.74. The van der Waals surface area contributed by atoms with Crippen molar-refractivity contribution in [3.05, 3.63) is 65.7 Å². The Morgan fingerprint density at radius 2 is 2.04 bits per heavy atom. The second-order valence-corrected chi connectivity index (χ2v) is 9.17. The molecule has 0 bridgehead atoms. The molecule has 0 aliphatic rings. The van der Waals surface area contributed by atoms with Crippen LogP contribution in [-0.2, 0) is 10.5 Å². The molecule has 1 amide bonds. The monoisotopic (exact) mass is 430 g/mol. The molecule has 0 fully saturated rings. The predicted octanol–water partition coefficient (Wildman–Crippen LogP) is 2.96. The van der Waals surface area contributed by atoms with Crippen LogP contribution in [0.25, 0.3) is 0 Å². The highest BCUT2D eigenvalue weighted by atomic mass is 32.2. The van der Waals surface area contributed by atoms with Crippen molar-refractivity contribution in [3.8, 4) is 5.75 Å². The van der Waals surface area contributed by atoms with Gasteiger partial charge in [0.2, 0.25) is 4.34 Å². The van der Waals surface area contributed by atoms with Crippen LogP contribution in [0.15, 0.2) is 68.4 Å². The smallest absolute Gasteiger partial charge is 0.323 e. The Morgan fingerprint density at radius 1 is 1.21 bits per heavy atom. The number of thioether (sulfide) groups is 2. The first-order valence-corrected chi connectivity index (χ1v) is 11.2. The summed E-state index contributed by atoms with van der Waals surface area (Å²) in [5.74, 6) is 0.761. The first kappa shape index (κ1) is 20.4. The molecule has 9 heteroatoms. The van der Waals surface area contributed by atoms with Crippen LogP contribution in [0.2, 0.25) is 0 Å². The van der Waals surface area contributed by atoms with E-state index in [0.717, 1.165) is 14.4 Å². The molecule has 0 radical (unpaired) electrons. The van der Waals surface area contributed by atoms with Crippen LogP contribution in [0.4, 0.5) is 0 Å². The molecule has 0 saturated carbocycles. The van der Waals surface area contributed by atoms with Gasteiger partial charge in [0.1, 0.15) is 0 Å². The standard InChI is InChI=1S/C19H18N4O2S3/c1-13(15-8-5-9-16(24)10-15)20-21-17(25)12-27-19-23-22-18(28-19)26-11-14-6-3-2-4-7-14/h2-10,24H,11-12H2,1H3,(H,21,25). The fourth-order valence-corrected chi connectivity index (χ4v) is 5.00. The van der Waals surface area contributed by atoms with Gasteiger partial charge in [0, 0.05) is 10.9 Å². The number of carbonyl (C=O) groups excluding carboxylic acids is 1. The zero-order chi connectivity index (χ0) is 19.8. The maximum absolute atomic E-state index is 12.0. The number of hydrogen-bond acceptors (Lipinski definition) is 7. The molecule has 2 aromatic carbocycles. The molecule has 2 N–H and O–H groups in total. The van der Waals surface area contributed by atoms with Crippen molar-refractivity contribution in [2.45, 2.75) is 21.4 Å². The number of aromatic nitrogens is 2. The Balaban J connectivity index is 1.44. The largest absolute Gasteiger partial charge is 0.872 e. The highest BCUT2D eigenvalue weighted by Gasteiger charge is 2.13. The molecular formula is C19H18N4O2S3. The maximum Gasteiger partial charge on any atom is 0.323 e. The molecule has 3 rings (SSSR count). The average molecular weight is 431 g/mol. The number of nitrogens with zero attached hydrogens (tertiary/aromatic N) is 2. The number of hydrogen-bond donors (Lipinski definition) is 1. The number of rotatable bonds is 8. The molecule has 0 aliphatic carbocycles. The van der Waals surface area contributed by atoms with Gasteiger partial charge in [-0.25, -0.2) is 5.43 Å². The minimum absolute atomic E-state index is 0.0881. The first-order chi connectivity index (χ1) is 13.6. The summed E-state index contributed by atoms with van der Waals surface area (Å²) in [7, 11) is 0. The topological polar surface area (TPSA) is 91.6 Å². The van der Waals surface area contributed by atoms with Crippen molar-refractivity contribution < 1.29 is 15.0 Å². The Bertz CT molecular complexity index is 961. The Kier molecular flexibility index (Phi) is 7.46. The van der Waals surface area contributed by atoms with E-state index >= 15 is 0 Å². The van der Waals surface area contributed by atoms with E-state index in [2.05, 4.69) is 32.9 Å². The Hall–Kier alpha value is -2.36. The molecule has 0 aliphatic heterocycles. The summed E-state index contributed by atoms with van der Waals surface area (Å²) in [5.41, 5.74) is 5.03. The van der Waals surface area contributed by atoms with Gasteiger partial charge in [-0.15, -0.1) is 5.75 Å². The molecule has 6 nitrogen and oxygen atoms in total. The molecule has 0 unspecified atom stereocenters. The quantitative estimate of drug-likeness (QED) is 0.337. The third-order valence-corrected chi connectivity index (χ3v) is 6.88. The van der Waals surface area contributed by atoms with Crippen molar-refractivity contribution in [3.63, 3.8) is 0 Å². The number of benzene rings is 2. The van der Waals surface area contributed by atoms with E-state index < -0.39 is 0 Å². The van der Waals surface area contributed by atoms with Crippen LogP contribution >= 0.6 is 34.9 Å². The van der Waals surface area contributed by atoms with Gasteiger partial charge in [-0.3, -0.25) is 4.79 Å². The Labute approximate surface area is 175 Å². The lowest BCUT2D eigenvalue weighted by molar-refractivity contribution is -0.492. The summed E-state index contributed by atoms with van der Waals surface area (Å²) in [5, 5.41) is 22.7. The van der Waals surface area contributed by atoms with Gasteiger partial charge in [0.05, 0.1) is 11.5 Å². The second kappa shape index (κ2) is 10.3. The number of H-pyrrole nitrogens is 1. The molecular weight excluding hydrogens is 412 g/mol. The van der Waals surface area contributed by atoms with Gasteiger partial charge in [-0.1, -0.05) is 71.5 Å². The number of aromatic amines is 1. The number of nitrogens with one attached hydrogen (secondary N) is 2. The average Bonchev–Trinajstić information content (AvgIpc) is 3.17. The fraction of sp³-hybridized carbons (Fsp3) is 0.158. The molecule has 0 spiro atoms. The number of amides is 1. The highest BCUT2D eigenvalue weighted by Crippen LogP contribution is 2.28. The van der Waals surface area contributed by atoms with E-state index in [1.807, 2.05) is 18.2 Å². The van der Waals surface area contributed by atoms with Crippen LogP contribution in [-0.4, -0.2) is 22.5 Å². The van der Waals surface area contributed by atoms with Crippen LogP contribution in [0.1, 0.15) is 18.1 Å². The molecule has 144 valence electrons. The van der Waals surface area contributed by atoms with Crippen LogP contribution in [0.3, 0.4) is 0 Å². The van der Waals surface area contributed by atoms with Gasteiger partial charge >= 0.3 is 4.34 Å². The molecule has 1 aromatic heterocycles. The summed E-state index contributed by atoms with van der Waals surface area (Å²) in [6, 6.07) is 16.6. The van der Waals surface area contributed by atoms with Gasteiger partial charge in [0.25, 0.3) is 5.91 Å². The first-order valence-electron chi connectivity index (χ1n) is 8.39. The predicted molar refractivity (Wildman–Crippen MR) is 112 cm³/mol. The van der Waals surface area contributed by atoms with E-state index in [1.165, 1.54) is 40.8 Å². The molecule has 3 aromatic rings. The second-order valence-electron chi connectivity index (χ2n) is 5.70. The SMILES string of the molecule is CC(=NNC(=O)CSc1n[nH+]c(SCc2ccccc2)s1)c1cccc([O-])c1. The normalized spacial score (nSPS) is 11.4. The minimum atomic E-state index is -0.226. The zero-order valence-corrected chi connectivity index (χ0v) is 17.5. The fourth-order valence-electron chi connectivity index (χ4n) is 2.15. The van der Waals surface area contributed by atoms with Crippen molar-refractivity contribution in [1.29, 1.82) is 0 Å². The van der Waals surface area contributed by atoms with Crippen molar-refractivity contribution in [2.75, 3.05) is 5.75 Å². The van der Waals surface area contributed by atoms with E-state index in [0.29, 0.717) is 11.3 Å². The molecule has 0 atom stereocenters. The van der Waals surface area contributed by atoms with Crippen LogP contribution < -0.4 is 15.6 Å². The van der Waals surface area contributed by atoms with Gasteiger partial charge in [0.15, 0.2) is 0 Å². The van der Waals surface area contributed by atoms with Crippen LogP contribution in [0.5, 0.6) is 5.75 Å². The van der Waals surface area contributed by atoms with E-state index in [4.69, 9.17) is 0 Å². The highest BCUT2D eigenvalue weighted by molar-refractivity contribution is 8.03. The van der Waals surface area contributed by atoms with Crippen molar-refractivity contribution >= 4 is 46.5 Å². The zero-order valence-electron chi connectivity index (χ0n) is 15.0.